The number of ether oxygens (including phenoxy) is 1. The number of aliphatic carboxylic acids is 1. The Labute approximate surface area is 101 Å². The van der Waals surface area contributed by atoms with Crippen LogP contribution in [-0.4, -0.2) is 18.2 Å². The standard InChI is InChI=1S/C14H16O3/c1-11(14(15)16)5-3-4-6-12-7-9-13(17-2)10-8-12/h4,6-10H,1,3,5H2,2H3,(H,15,16). The first-order valence-corrected chi connectivity index (χ1v) is 5.35. The van der Waals surface area contributed by atoms with Crippen molar-refractivity contribution in [1.29, 1.82) is 0 Å². The number of methoxy groups -OCH3 is 1. The van der Waals surface area contributed by atoms with Crippen LogP contribution in [0, 0.1) is 0 Å². The molecule has 1 rings (SSSR count). The number of benzene rings is 1. The molecule has 1 aromatic carbocycles. The van der Waals surface area contributed by atoms with Crippen LogP contribution in [0.3, 0.4) is 0 Å². The van der Waals surface area contributed by atoms with Crippen molar-refractivity contribution in [1.82, 2.24) is 0 Å². The predicted octanol–water partition coefficient (Wildman–Crippen LogP) is 3.13. The number of allylic oxidation sites excluding steroid dienone is 1. The van der Waals surface area contributed by atoms with Crippen LogP contribution in [-0.2, 0) is 4.79 Å². The molecule has 90 valence electrons. The zero-order chi connectivity index (χ0) is 12.7. The molecule has 0 heterocycles. The van der Waals surface area contributed by atoms with Gasteiger partial charge < -0.3 is 9.84 Å². The number of carboxylic acids is 1. The Morgan fingerprint density at radius 3 is 2.59 bits per heavy atom. The third kappa shape index (κ3) is 4.55. The molecule has 0 radical (unpaired) electrons. The summed E-state index contributed by atoms with van der Waals surface area (Å²) in [4.78, 5) is 10.5. The monoisotopic (exact) mass is 232 g/mol. The van der Waals surface area contributed by atoms with Crippen LogP contribution in [0.5, 0.6) is 5.75 Å². The van der Waals surface area contributed by atoms with E-state index in [9.17, 15) is 4.79 Å². The van der Waals surface area contributed by atoms with Crippen molar-refractivity contribution in [3.8, 4) is 5.75 Å². The summed E-state index contributed by atoms with van der Waals surface area (Å²) in [6.07, 6.45) is 5.05. The van der Waals surface area contributed by atoms with Gasteiger partial charge in [0.25, 0.3) is 0 Å². The maximum atomic E-state index is 10.5. The second-order valence-electron chi connectivity index (χ2n) is 3.62. The van der Waals surface area contributed by atoms with Gasteiger partial charge in [0.15, 0.2) is 0 Å². The lowest BCUT2D eigenvalue weighted by atomic mass is 10.1. The van der Waals surface area contributed by atoms with Crippen LogP contribution in [0.4, 0.5) is 0 Å². The van der Waals surface area contributed by atoms with Gasteiger partial charge in [0.1, 0.15) is 5.75 Å². The van der Waals surface area contributed by atoms with Crippen molar-refractivity contribution < 1.29 is 14.6 Å². The molecule has 0 saturated heterocycles. The van der Waals surface area contributed by atoms with Gasteiger partial charge in [0.2, 0.25) is 0 Å². The van der Waals surface area contributed by atoms with E-state index < -0.39 is 5.97 Å². The minimum atomic E-state index is -0.928. The summed E-state index contributed by atoms with van der Waals surface area (Å²) in [6, 6.07) is 7.66. The van der Waals surface area contributed by atoms with Crippen molar-refractivity contribution in [3.05, 3.63) is 48.1 Å². The van der Waals surface area contributed by atoms with Crippen LogP contribution in [0.1, 0.15) is 18.4 Å². The van der Waals surface area contributed by atoms with E-state index in [-0.39, 0.29) is 5.57 Å². The zero-order valence-electron chi connectivity index (χ0n) is 9.85. The fourth-order valence-corrected chi connectivity index (χ4v) is 1.30. The highest BCUT2D eigenvalue weighted by Crippen LogP contribution is 2.13. The molecule has 0 aromatic heterocycles. The van der Waals surface area contributed by atoms with Crippen LogP contribution in [0.2, 0.25) is 0 Å². The van der Waals surface area contributed by atoms with Gasteiger partial charge in [-0.05, 0) is 30.5 Å². The Morgan fingerprint density at radius 2 is 2.06 bits per heavy atom. The van der Waals surface area contributed by atoms with Crippen LogP contribution < -0.4 is 4.74 Å². The lowest BCUT2D eigenvalue weighted by molar-refractivity contribution is -0.132. The number of rotatable bonds is 6. The molecule has 1 aromatic rings. The van der Waals surface area contributed by atoms with Gasteiger partial charge in [-0.1, -0.05) is 30.9 Å². The number of hydrogen-bond acceptors (Lipinski definition) is 2. The summed E-state index contributed by atoms with van der Waals surface area (Å²) in [5.74, 6) is -0.107. The highest BCUT2D eigenvalue weighted by Gasteiger charge is 2.00. The van der Waals surface area contributed by atoms with Gasteiger partial charge in [-0.25, -0.2) is 4.79 Å². The third-order valence-electron chi connectivity index (χ3n) is 2.34. The first kappa shape index (κ1) is 13.0. The smallest absolute Gasteiger partial charge is 0.330 e. The molecule has 3 nitrogen and oxygen atoms in total. The lowest BCUT2D eigenvalue weighted by Crippen LogP contribution is -1.97. The Morgan fingerprint density at radius 1 is 1.41 bits per heavy atom. The SMILES string of the molecule is C=C(CCC=Cc1ccc(OC)cc1)C(=O)O. The van der Waals surface area contributed by atoms with Gasteiger partial charge in [0.05, 0.1) is 7.11 Å². The van der Waals surface area contributed by atoms with E-state index in [0.29, 0.717) is 12.8 Å². The molecule has 0 bridgehead atoms. The number of hydrogen-bond donors (Lipinski definition) is 1. The van der Waals surface area contributed by atoms with Crippen molar-refractivity contribution in [3.63, 3.8) is 0 Å². The predicted molar refractivity (Wildman–Crippen MR) is 68.0 cm³/mol. The molecule has 3 heteroatoms. The minimum absolute atomic E-state index is 0.240. The number of carboxylic acid groups (broad SMARTS) is 1. The Hall–Kier alpha value is -2.03. The molecule has 17 heavy (non-hydrogen) atoms. The molecule has 1 N–H and O–H groups in total. The molecule has 0 aliphatic rings. The minimum Gasteiger partial charge on any atom is -0.497 e. The first-order valence-electron chi connectivity index (χ1n) is 5.35. The van der Waals surface area contributed by atoms with E-state index in [2.05, 4.69) is 6.58 Å². The molecular formula is C14H16O3. The van der Waals surface area contributed by atoms with E-state index in [1.807, 2.05) is 36.4 Å². The lowest BCUT2D eigenvalue weighted by Gasteiger charge is -1.99. The van der Waals surface area contributed by atoms with Crippen molar-refractivity contribution in [2.45, 2.75) is 12.8 Å². The fraction of sp³-hybridized carbons (Fsp3) is 0.214. The van der Waals surface area contributed by atoms with Gasteiger partial charge in [-0.2, -0.15) is 0 Å². The maximum absolute atomic E-state index is 10.5. The van der Waals surface area contributed by atoms with E-state index in [1.165, 1.54) is 0 Å². The maximum Gasteiger partial charge on any atom is 0.330 e. The van der Waals surface area contributed by atoms with E-state index in [1.54, 1.807) is 7.11 Å². The Bertz CT molecular complexity index is 416. The second-order valence-corrected chi connectivity index (χ2v) is 3.62. The quantitative estimate of drug-likeness (QED) is 0.766. The average molecular weight is 232 g/mol. The average Bonchev–Trinajstić information content (AvgIpc) is 2.35. The Kier molecular flexibility index (Phi) is 5.01. The largest absolute Gasteiger partial charge is 0.497 e. The molecule has 0 fully saturated rings. The second kappa shape index (κ2) is 6.53. The van der Waals surface area contributed by atoms with Crippen LogP contribution >= 0.6 is 0 Å². The summed E-state index contributed by atoms with van der Waals surface area (Å²) in [5, 5.41) is 8.62. The summed E-state index contributed by atoms with van der Waals surface area (Å²) >= 11 is 0. The third-order valence-corrected chi connectivity index (χ3v) is 2.34. The summed E-state index contributed by atoms with van der Waals surface area (Å²) < 4.78 is 5.05. The van der Waals surface area contributed by atoms with E-state index >= 15 is 0 Å². The Balaban J connectivity index is 2.42. The van der Waals surface area contributed by atoms with E-state index in [0.717, 1.165) is 11.3 Å². The van der Waals surface area contributed by atoms with Crippen molar-refractivity contribution in [2.24, 2.45) is 0 Å². The van der Waals surface area contributed by atoms with Crippen molar-refractivity contribution in [2.75, 3.05) is 7.11 Å². The van der Waals surface area contributed by atoms with Crippen molar-refractivity contribution >= 4 is 12.0 Å². The highest BCUT2D eigenvalue weighted by atomic mass is 16.5. The first-order chi connectivity index (χ1) is 8.13. The normalized spacial score (nSPS) is 10.4. The molecular weight excluding hydrogens is 216 g/mol. The number of carbonyl (C=O) groups is 1. The van der Waals surface area contributed by atoms with Crippen LogP contribution in [0.25, 0.3) is 6.08 Å². The summed E-state index contributed by atoms with van der Waals surface area (Å²) in [6.45, 7) is 3.47. The molecule has 0 spiro atoms. The fourth-order valence-electron chi connectivity index (χ4n) is 1.30. The zero-order valence-corrected chi connectivity index (χ0v) is 9.85. The molecule has 0 unspecified atom stereocenters. The molecule has 0 atom stereocenters. The summed E-state index contributed by atoms with van der Waals surface area (Å²) in [7, 11) is 1.63. The molecule has 0 aliphatic carbocycles. The van der Waals surface area contributed by atoms with E-state index in [4.69, 9.17) is 9.84 Å². The molecule has 0 saturated carbocycles. The van der Waals surface area contributed by atoms with Crippen LogP contribution in [0.15, 0.2) is 42.5 Å². The van der Waals surface area contributed by atoms with Gasteiger partial charge >= 0.3 is 5.97 Å². The molecule has 0 amide bonds. The molecule has 0 aliphatic heterocycles. The van der Waals surface area contributed by atoms with Gasteiger partial charge in [-0.15, -0.1) is 0 Å². The highest BCUT2D eigenvalue weighted by molar-refractivity contribution is 5.85. The van der Waals surface area contributed by atoms with Gasteiger partial charge in [0, 0.05) is 5.57 Å². The topological polar surface area (TPSA) is 46.5 Å². The summed E-state index contributed by atoms with van der Waals surface area (Å²) in [5.41, 5.74) is 1.30. The van der Waals surface area contributed by atoms with Gasteiger partial charge in [-0.3, -0.25) is 0 Å².